The number of rotatable bonds is 1. The third kappa shape index (κ3) is 1.43. The summed E-state index contributed by atoms with van der Waals surface area (Å²) in [7, 11) is 0. The number of aryl methyl sites for hydroxylation is 1. The van der Waals surface area contributed by atoms with Gasteiger partial charge in [0.15, 0.2) is 0 Å². The van der Waals surface area contributed by atoms with Gasteiger partial charge in [0, 0.05) is 0 Å². The van der Waals surface area contributed by atoms with Gasteiger partial charge in [-0.2, -0.15) is 0 Å². The van der Waals surface area contributed by atoms with E-state index in [2.05, 4.69) is 6.92 Å². The predicted octanol–water partition coefficient (Wildman–Crippen LogP) is 0.303. The fourth-order valence-corrected chi connectivity index (χ4v) is 3.19. The van der Waals surface area contributed by atoms with Gasteiger partial charge in [0.05, 0.1) is 0 Å². The molecular weight excluding hydrogens is 241 g/mol. The van der Waals surface area contributed by atoms with E-state index in [1.54, 1.807) is 4.68 Å². The molecule has 3 nitrogen and oxygen atoms in total. The minimum absolute atomic E-state index is 0.208. The van der Waals surface area contributed by atoms with Crippen molar-refractivity contribution in [1.29, 1.82) is 0 Å². The Hall–Kier alpha value is -1.25. The van der Waals surface area contributed by atoms with Crippen LogP contribution in [-0.4, -0.2) is 14.5 Å². The van der Waals surface area contributed by atoms with E-state index in [9.17, 15) is 0 Å². The number of nitrogens with two attached hydrogens (primary N) is 2. The quantitative estimate of drug-likeness (QED) is 0.436. The van der Waals surface area contributed by atoms with Crippen molar-refractivity contribution in [2.24, 2.45) is 0 Å². The summed E-state index contributed by atoms with van der Waals surface area (Å²) in [4.78, 5) is 0. The molecule has 0 aliphatic carbocycles. The molecule has 0 saturated carbocycles. The Morgan fingerprint density at radius 3 is 2.36 bits per heavy atom. The topological polar surface area (TPSA) is 55.9 Å². The summed E-state index contributed by atoms with van der Waals surface area (Å²) in [6.45, 7) is 2.09. The van der Waals surface area contributed by atoms with Gasteiger partial charge in [0.2, 0.25) is 0 Å². The second-order valence-corrected chi connectivity index (χ2v) is 5.67. The molecule has 1 aromatic carbocycles. The van der Waals surface area contributed by atoms with E-state index in [1.807, 2.05) is 30.3 Å². The van der Waals surface area contributed by atoms with E-state index in [0.29, 0.717) is 0 Å². The molecule has 1 aromatic heterocycles. The number of benzene rings is 1. The van der Waals surface area contributed by atoms with Gasteiger partial charge in [-0.1, -0.05) is 0 Å². The zero-order valence-corrected chi connectivity index (χ0v) is 9.61. The van der Waals surface area contributed by atoms with Crippen LogP contribution in [0, 0.1) is 6.92 Å². The first kappa shape index (κ1) is 9.31. The van der Waals surface area contributed by atoms with Gasteiger partial charge in [-0.15, -0.1) is 0 Å². The molecule has 2 aromatic rings. The Bertz CT molecular complexity index is 448. The molecule has 1 heterocycles. The van der Waals surface area contributed by atoms with Crippen molar-refractivity contribution in [3.8, 4) is 11.3 Å². The monoisotopic (exact) mass is 254 g/mol. The fourth-order valence-electron chi connectivity index (χ4n) is 1.47. The third-order valence-electron chi connectivity index (χ3n) is 2.12. The Kier molecular flexibility index (Phi) is 2.31. The Morgan fingerprint density at radius 2 is 1.86 bits per heavy atom. The van der Waals surface area contributed by atoms with Gasteiger partial charge in [-0.05, 0) is 0 Å². The van der Waals surface area contributed by atoms with Gasteiger partial charge in [-0.25, -0.2) is 0 Å². The van der Waals surface area contributed by atoms with Crippen molar-refractivity contribution in [2.75, 3.05) is 11.6 Å². The third-order valence-corrected chi connectivity index (χ3v) is 4.02. The first-order valence-corrected chi connectivity index (χ1v) is 6.03. The second-order valence-electron chi connectivity index (χ2n) is 3.08. The molecule has 14 heavy (non-hydrogen) atoms. The van der Waals surface area contributed by atoms with Gasteiger partial charge in [0.1, 0.15) is 0 Å². The zero-order chi connectivity index (χ0) is 10.1. The molecule has 0 aliphatic heterocycles. The summed E-state index contributed by atoms with van der Waals surface area (Å²) >= 11 is 0.208. The summed E-state index contributed by atoms with van der Waals surface area (Å²) < 4.78 is 3.66. The molecule has 4 heteroatoms. The molecule has 4 N–H and O–H groups in total. The van der Waals surface area contributed by atoms with Crippen LogP contribution in [-0.2, 0) is 0 Å². The van der Waals surface area contributed by atoms with Crippen LogP contribution in [0.3, 0.4) is 0 Å². The number of hydrogen-bond donors (Lipinski definition) is 2. The Morgan fingerprint density at radius 1 is 1.21 bits per heavy atom. The van der Waals surface area contributed by atoms with Gasteiger partial charge in [-0.3, -0.25) is 0 Å². The molecule has 0 amide bonds. The van der Waals surface area contributed by atoms with E-state index in [0.717, 1.165) is 15.9 Å². The molecule has 0 radical (unpaired) electrons. The summed E-state index contributed by atoms with van der Waals surface area (Å²) in [5.74, 6) is 5.87. The SMILES string of the molecule is Cc1[se]c(N)[n+](N)c1-c1ccccc1. The van der Waals surface area contributed by atoms with E-state index in [-0.39, 0.29) is 14.5 Å². The normalized spacial score (nSPS) is 10.4. The molecule has 0 saturated heterocycles. The molecule has 2 rings (SSSR count). The number of aromatic nitrogens is 1. The van der Waals surface area contributed by atoms with Crippen molar-refractivity contribution in [1.82, 2.24) is 0 Å². The van der Waals surface area contributed by atoms with Crippen LogP contribution in [0.25, 0.3) is 11.3 Å². The van der Waals surface area contributed by atoms with Crippen LogP contribution in [0.15, 0.2) is 30.3 Å². The molecule has 0 fully saturated rings. The summed E-state index contributed by atoms with van der Waals surface area (Å²) in [6.07, 6.45) is 0. The number of nitrogens with zero attached hydrogens (tertiary/aromatic N) is 1. The number of nitrogen functional groups attached to an aromatic ring is 2. The molecule has 0 spiro atoms. The van der Waals surface area contributed by atoms with Crippen molar-refractivity contribution < 1.29 is 4.68 Å². The first-order chi connectivity index (χ1) is 6.70. The minimum atomic E-state index is 0.208. The summed E-state index contributed by atoms with van der Waals surface area (Å²) in [6, 6.07) is 10.1. The van der Waals surface area contributed by atoms with Crippen LogP contribution < -0.4 is 16.3 Å². The van der Waals surface area contributed by atoms with Gasteiger partial charge in [0.25, 0.3) is 0 Å². The molecule has 0 aliphatic rings. The average Bonchev–Trinajstić information content (AvgIpc) is 2.43. The molecule has 0 unspecified atom stereocenters. The Balaban J connectivity index is 2.62. The van der Waals surface area contributed by atoms with Crippen LogP contribution >= 0.6 is 0 Å². The van der Waals surface area contributed by atoms with E-state index < -0.39 is 0 Å². The first-order valence-electron chi connectivity index (χ1n) is 4.31. The summed E-state index contributed by atoms with van der Waals surface area (Å²) in [5.41, 5.74) is 7.99. The molecule has 72 valence electrons. The standard InChI is InChI=1S/C10H11N3Se/c1-7-9(13(12)10(11)14-7)8-5-3-2-4-6-8/h2-6,11H,12H2,1H3/p+1. The van der Waals surface area contributed by atoms with Crippen LogP contribution in [0.5, 0.6) is 0 Å². The zero-order valence-electron chi connectivity index (χ0n) is 7.90. The van der Waals surface area contributed by atoms with Crippen LogP contribution in [0.4, 0.5) is 4.69 Å². The number of hydrogen-bond acceptors (Lipinski definition) is 2. The van der Waals surface area contributed by atoms with Crippen molar-refractivity contribution >= 4 is 19.2 Å². The van der Waals surface area contributed by atoms with Crippen LogP contribution in [0.1, 0.15) is 4.44 Å². The maximum atomic E-state index is 5.87. The van der Waals surface area contributed by atoms with Crippen LogP contribution in [0.2, 0.25) is 0 Å². The van der Waals surface area contributed by atoms with E-state index in [4.69, 9.17) is 11.6 Å². The van der Waals surface area contributed by atoms with Crippen molar-refractivity contribution in [2.45, 2.75) is 6.92 Å². The van der Waals surface area contributed by atoms with Gasteiger partial charge < -0.3 is 0 Å². The Labute approximate surface area is 88.7 Å². The molecule has 0 atom stereocenters. The number of anilines is 1. The van der Waals surface area contributed by atoms with E-state index in [1.165, 1.54) is 4.44 Å². The van der Waals surface area contributed by atoms with E-state index >= 15 is 0 Å². The molecule has 0 bridgehead atoms. The predicted molar refractivity (Wildman–Crippen MR) is 58.3 cm³/mol. The summed E-state index contributed by atoms with van der Waals surface area (Å²) in [5, 5.41) is 0. The van der Waals surface area contributed by atoms with Crippen molar-refractivity contribution in [3.63, 3.8) is 0 Å². The maximum absolute atomic E-state index is 5.87. The van der Waals surface area contributed by atoms with Gasteiger partial charge >= 0.3 is 88.4 Å². The molecular formula is C10H12N3Se+. The van der Waals surface area contributed by atoms with Crippen molar-refractivity contribution in [3.05, 3.63) is 34.8 Å². The fraction of sp³-hybridized carbons (Fsp3) is 0.100. The average molecular weight is 253 g/mol. The second kappa shape index (κ2) is 3.48.